The quantitative estimate of drug-likeness (QED) is 0.477. The number of alkyl halides is 3. The zero-order valence-electron chi connectivity index (χ0n) is 13.1. The van der Waals surface area contributed by atoms with E-state index in [1.807, 2.05) is 42.1 Å². The minimum absolute atomic E-state index is 0.0337. The molecule has 0 unspecified atom stereocenters. The van der Waals surface area contributed by atoms with Crippen LogP contribution in [-0.2, 0) is 7.05 Å². The van der Waals surface area contributed by atoms with Gasteiger partial charge in [-0.3, -0.25) is 4.57 Å². The number of hydrogen-bond donors (Lipinski definition) is 1. The maximum atomic E-state index is 13.0. The molecule has 0 spiro atoms. The second kappa shape index (κ2) is 5.49. The lowest BCUT2D eigenvalue weighted by Gasteiger charge is -2.10. The number of aromatic nitrogens is 2. The van der Waals surface area contributed by atoms with E-state index in [0.29, 0.717) is 5.39 Å². The Labute approximate surface area is 150 Å². The van der Waals surface area contributed by atoms with Crippen LogP contribution in [0.2, 0.25) is 0 Å². The molecule has 7 heteroatoms. The molecule has 1 N–H and O–H groups in total. The summed E-state index contributed by atoms with van der Waals surface area (Å²) in [6.45, 7) is 0. The lowest BCUT2D eigenvalue weighted by Crippen LogP contribution is -2.14. The van der Waals surface area contributed by atoms with Crippen LogP contribution in [0.4, 0.5) is 8.78 Å². The summed E-state index contributed by atoms with van der Waals surface area (Å²) in [6, 6.07) is 12.3. The van der Waals surface area contributed by atoms with E-state index >= 15 is 0 Å². The molecule has 0 amide bonds. The van der Waals surface area contributed by atoms with E-state index in [1.54, 1.807) is 16.8 Å². The van der Waals surface area contributed by atoms with Crippen LogP contribution in [-0.4, -0.2) is 19.3 Å². The van der Waals surface area contributed by atoms with Gasteiger partial charge in [-0.15, -0.1) is 0 Å². The monoisotopic (exact) mass is 406 g/mol. The average molecular weight is 407 g/mol. The van der Waals surface area contributed by atoms with Crippen molar-refractivity contribution in [3.63, 3.8) is 0 Å². The molecule has 4 nitrogen and oxygen atoms in total. The first-order chi connectivity index (χ1) is 11.8. The molecule has 2 heterocycles. The van der Waals surface area contributed by atoms with Gasteiger partial charge >= 0.3 is 5.02 Å². The van der Waals surface area contributed by atoms with Gasteiger partial charge in [0.1, 0.15) is 5.75 Å². The Morgan fingerprint density at radius 1 is 1.08 bits per heavy atom. The molecule has 2 aromatic heterocycles. The zero-order chi connectivity index (χ0) is 17.8. The summed E-state index contributed by atoms with van der Waals surface area (Å²) in [7, 11) is 1.96. The van der Waals surface area contributed by atoms with Gasteiger partial charge in [-0.25, -0.2) is 0 Å². The van der Waals surface area contributed by atoms with Crippen LogP contribution in [0, 0.1) is 0 Å². The average Bonchev–Trinajstić information content (AvgIpc) is 3.07. The first-order valence-corrected chi connectivity index (χ1v) is 8.26. The van der Waals surface area contributed by atoms with Crippen molar-refractivity contribution >= 4 is 37.6 Å². The number of hydrogen-bond acceptors (Lipinski definition) is 2. The molecule has 0 atom stereocenters. The van der Waals surface area contributed by atoms with Gasteiger partial charge in [0.2, 0.25) is 5.88 Å². The van der Waals surface area contributed by atoms with Crippen LogP contribution >= 0.6 is 15.9 Å². The number of halogens is 3. The fraction of sp³-hybridized carbons (Fsp3) is 0.111. The van der Waals surface area contributed by atoms with E-state index in [-0.39, 0.29) is 11.6 Å². The molecule has 2 aromatic carbocycles. The number of aryl methyl sites for hydroxylation is 1. The smallest absolute Gasteiger partial charge is 0.459 e. The summed E-state index contributed by atoms with van der Waals surface area (Å²) in [5.41, 5.74) is 1.86. The van der Waals surface area contributed by atoms with E-state index in [0.717, 1.165) is 22.0 Å². The molecule has 25 heavy (non-hydrogen) atoms. The molecule has 0 bridgehead atoms. The van der Waals surface area contributed by atoms with Crippen LogP contribution in [0.1, 0.15) is 0 Å². The van der Waals surface area contributed by atoms with Crippen molar-refractivity contribution in [1.82, 2.24) is 9.13 Å². The molecule has 4 rings (SSSR count). The highest BCUT2D eigenvalue weighted by molar-refractivity contribution is 9.09. The van der Waals surface area contributed by atoms with Crippen molar-refractivity contribution in [2.24, 2.45) is 7.05 Å². The van der Waals surface area contributed by atoms with Gasteiger partial charge < -0.3 is 14.4 Å². The van der Waals surface area contributed by atoms with Crippen molar-refractivity contribution in [3.05, 3.63) is 54.9 Å². The molecule has 0 aliphatic rings. The van der Waals surface area contributed by atoms with E-state index in [4.69, 9.17) is 0 Å². The third kappa shape index (κ3) is 2.84. The third-order valence-corrected chi connectivity index (χ3v) is 4.30. The van der Waals surface area contributed by atoms with Crippen molar-refractivity contribution in [2.75, 3.05) is 0 Å². The molecule has 0 saturated carbocycles. The Bertz CT molecular complexity index is 1100. The Morgan fingerprint density at radius 2 is 1.88 bits per heavy atom. The minimum atomic E-state index is -3.46. The number of benzene rings is 2. The Hall–Kier alpha value is -2.54. The summed E-state index contributed by atoms with van der Waals surface area (Å²) in [5.74, 6) is -0.0745. The Balaban J connectivity index is 1.82. The van der Waals surface area contributed by atoms with Gasteiger partial charge in [0.15, 0.2) is 0 Å². The van der Waals surface area contributed by atoms with E-state index < -0.39 is 5.02 Å². The second-order valence-electron chi connectivity index (χ2n) is 5.79. The van der Waals surface area contributed by atoms with Crippen LogP contribution in [0.25, 0.3) is 27.4 Å². The summed E-state index contributed by atoms with van der Waals surface area (Å²) in [4.78, 5) is 0. The fourth-order valence-electron chi connectivity index (χ4n) is 2.98. The van der Waals surface area contributed by atoms with Crippen LogP contribution in [0.15, 0.2) is 54.9 Å². The first kappa shape index (κ1) is 16.0. The number of ether oxygens (including phenoxy) is 1. The second-order valence-corrected chi connectivity index (χ2v) is 6.71. The van der Waals surface area contributed by atoms with Crippen molar-refractivity contribution in [2.45, 2.75) is 5.02 Å². The summed E-state index contributed by atoms with van der Waals surface area (Å²) in [5, 5.41) is 9.28. The molecule has 0 aliphatic heterocycles. The summed E-state index contributed by atoms with van der Waals surface area (Å²) in [6.07, 6.45) is 3.72. The molecule has 4 aromatic rings. The summed E-state index contributed by atoms with van der Waals surface area (Å²) < 4.78 is 34.0. The lowest BCUT2D eigenvalue weighted by molar-refractivity contribution is -0.0802. The minimum Gasteiger partial charge on any atom is -0.494 e. The van der Waals surface area contributed by atoms with E-state index in [2.05, 4.69) is 20.7 Å². The SMILES string of the molecule is Cn1ccc2cc(-n3cc4ccc(OC(F)(F)Br)cc4c3O)ccc21. The highest BCUT2D eigenvalue weighted by atomic mass is 79.9. The number of nitrogens with zero attached hydrogens (tertiary/aromatic N) is 2. The number of fused-ring (bicyclic) bond motifs is 2. The zero-order valence-corrected chi connectivity index (χ0v) is 14.7. The predicted octanol–water partition coefficient (Wildman–Crippen LogP) is 5.15. The van der Waals surface area contributed by atoms with Crippen LogP contribution < -0.4 is 4.74 Å². The normalized spacial score (nSPS) is 12.2. The van der Waals surface area contributed by atoms with Crippen LogP contribution in [0.5, 0.6) is 11.6 Å². The first-order valence-electron chi connectivity index (χ1n) is 7.47. The van der Waals surface area contributed by atoms with E-state index in [9.17, 15) is 13.9 Å². The fourth-order valence-corrected chi connectivity index (χ4v) is 3.17. The van der Waals surface area contributed by atoms with Gasteiger partial charge in [-0.2, -0.15) is 8.78 Å². The molecule has 128 valence electrons. The van der Waals surface area contributed by atoms with Gasteiger partial charge in [-0.1, -0.05) is 0 Å². The van der Waals surface area contributed by atoms with Crippen molar-refractivity contribution < 1.29 is 18.6 Å². The molecule has 0 aliphatic carbocycles. The molecule has 0 saturated heterocycles. The van der Waals surface area contributed by atoms with E-state index in [1.165, 1.54) is 12.1 Å². The standard InChI is InChI=1S/C18H13BrF2N2O2/c1-22-7-6-11-8-13(3-5-16(11)22)23-10-12-2-4-14(25-18(19,20)21)9-15(12)17(23)24/h2-10,24H,1H3. The van der Waals surface area contributed by atoms with Crippen LogP contribution in [0.3, 0.4) is 0 Å². The van der Waals surface area contributed by atoms with Gasteiger partial charge in [-0.05, 0) is 42.5 Å². The predicted molar refractivity (Wildman–Crippen MR) is 95.9 cm³/mol. The maximum absolute atomic E-state index is 13.0. The molecular weight excluding hydrogens is 394 g/mol. The maximum Gasteiger partial charge on any atom is 0.459 e. The number of rotatable bonds is 3. The highest BCUT2D eigenvalue weighted by Gasteiger charge is 2.26. The van der Waals surface area contributed by atoms with Crippen molar-refractivity contribution in [3.8, 4) is 17.3 Å². The molecule has 0 radical (unpaired) electrons. The molecular formula is C18H13BrF2N2O2. The Kier molecular flexibility index (Phi) is 3.50. The number of aromatic hydroxyl groups is 1. The van der Waals surface area contributed by atoms with Crippen molar-refractivity contribution in [1.29, 1.82) is 0 Å². The largest absolute Gasteiger partial charge is 0.494 e. The summed E-state index contributed by atoms with van der Waals surface area (Å²) >= 11 is 2.14. The highest BCUT2D eigenvalue weighted by Crippen LogP contribution is 2.35. The topological polar surface area (TPSA) is 39.3 Å². The van der Waals surface area contributed by atoms with Gasteiger partial charge in [0, 0.05) is 62.7 Å². The molecule has 0 fully saturated rings. The van der Waals surface area contributed by atoms with Gasteiger partial charge in [0.05, 0.1) is 0 Å². The Morgan fingerprint density at radius 3 is 2.64 bits per heavy atom. The third-order valence-electron chi connectivity index (χ3n) is 4.14. The lowest BCUT2D eigenvalue weighted by atomic mass is 10.2. The van der Waals surface area contributed by atoms with Gasteiger partial charge in [0.25, 0.3) is 0 Å².